The molecule has 8 heteroatoms. The lowest BCUT2D eigenvalue weighted by atomic mass is 9.99. The molecule has 0 bridgehead atoms. The van der Waals surface area contributed by atoms with E-state index in [2.05, 4.69) is 10.3 Å². The average molecular weight is 387 g/mol. The molecule has 0 aliphatic rings. The van der Waals surface area contributed by atoms with Gasteiger partial charge in [0.2, 0.25) is 5.91 Å². The van der Waals surface area contributed by atoms with Crippen molar-refractivity contribution >= 4 is 56.8 Å². The quantitative estimate of drug-likeness (QED) is 0.579. The molecule has 2 atom stereocenters. The predicted molar refractivity (Wildman–Crippen MR) is 98.8 cm³/mol. The molecule has 0 saturated carbocycles. The standard InChI is InChI=1S/C16H19ClN2O3S2/c1-4-9(2)14(15(21)22-3)19-13(20)8-23-16-18-11-7-10(17)5-6-12(11)24-16/h5-7,9,14H,4,8H2,1-3H3,(H,19,20)/t9-,14+/m0/s1. The van der Waals surface area contributed by atoms with E-state index in [1.54, 1.807) is 6.07 Å². The van der Waals surface area contributed by atoms with Gasteiger partial charge in [0.05, 0.1) is 23.1 Å². The third-order valence-electron chi connectivity index (χ3n) is 3.64. The lowest BCUT2D eigenvalue weighted by Gasteiger charge is -2.21. The lowest BCUT2D eigenvalue weighted by Crippen LogP contribution is -2.46. The van der Waals surface area contributed by atoms with Gasteiger partial charge in [-0.05, 0) is 24.1 Å². The van der Waals surface area contributed by atoms with Crippen LogP contribution in [0.25, 0.3) is 10.2 Å². The first kappa shape index (κ1) is 19.0. The first-order chi connectivity index (χ1) is 11.4. The van der Waals surface area contributed by atoms with Crippen molar-refractivity contribution in [2.24, 2.45) is 5.92 Å². The van der Waals surface area contributed by atoms with Crippen molar-refractivity contribution in [1.29, 1.82) is 0 Å². The highest BCUT2D eigenvalue weighted by Gasteiger charge is 2.26. The summed E-state index contributed by atoms with van der Waals surface area (Å²) in [5.74, 6) is -0.432. The first-order valence-electron chi connectivity index (χ1n) is 7.50. The Morgan fingerprint density at radius 3 is 2.88 bits per heavy atom. The fraction of sp³-hybridized carbons (Fsp3) is 0.438. The van der Waals surface area contributed by atoms with Gasteiger partial charge in [-0.25, -0.2) is 9.78 Å². The number of hydrogen-bond donors (Lipinski definition) is 1. The van der Waals surface area contributed by atoms with E-state index < -0.39 is 12.0 Å². The number of amides is 1. The van der Waals surface area contributed by atoms with Crippen molar-refractivity contribution in [3.8, 4) is 0 Å². The molecule has 1 N–H and O–H groups in total. The molecule has 130 valence electrons. The van der Waals surface area contributed by atoms with Crippen molar-refractivity contribution in [3.63, 3.8) is 0 Å². The number of fused-ring (bicyclic) bond motifs is 1. The number of methoxy groups -OCH3 is 1. The van der Waals surface area contributed by atoms with E-state index in [0.29, 0.717) is 5.02 Å². The molecule has 0 aliphatic carbocycles. The topological polar surface area (TPSA) is 68.3 Å². The third kappa shape index (κ3) is 4.84. The smallest absolute Gasteiger partial charge is 0.328 e. The Morgan fingerprint density at radius 2 is 2.21 bits per heavy atom. The number of nitrogens with one attached hydrogen (secondary N) is 1. The maximum Gasteiger partial charge on any atom is 0.328 e. The van der Waals surface area contributed by atoms with E-state index in [1.165, 1.54) is 30.2 Å². The highest BCUT2D eigenvalue weighted by Crippen LogP contribution is 2.30. The van der Waals surface area contributed by atoms with Crippen LogP contribution in [0.5, 0.6) is 0 Å². The summed E-state index contributed by atoms with van der Waals surface area (Å²) in [6.45, 7) is 3.88. The largest absolute Gasteiger partial charge is 0.467 e. The summed E-state index contributed by atoms with van der Waals surface area (Å²) in [7, 11) is 1.32. The van der Waals surface area contributed by atoms with Crippen LogP contribution in [0.3, 0.4) is 0 Å². The highest BCUT2D eigenvalue weighted by atomic mass is 35.5. The molecule has 2 rings (SSSR count). The van der Waals surface area contributed by atoms with Crippen molar-refractivity contribution in [2.75, 3.05) is 12.9 Å². The zero-order chi connectivity index (χ0) is 17.7. The van der Waals surface area contributed by atoms with Crippen LogP contribution in [0.15, 0.2) is 22.5 Å². The van der Waals surface area contributed by atoms with E-state index in [0.717, 1.165) is 21.0 Å². The zero-order valence-electron chi connectivity index (χ0n) is 13.7. The number of carbonyl (C=O) groups excluding carboxylic acids is 2. The van der Waals surface area contributed by atoms with Gasteiger partial charge in [0, 0.05) is 5.02 Å². The number of nitrogens with zero attached hydrogens (tertiary/aromatic N) is 1. The molecule has 1 amide bonds. The number of carbonyl (C=O) groups is 2. The zero-order valence-corrected chi connectivity index (χ0v) is 16.1. The number of rotatable bonds is 7. The van der Waals surface area contributed by atoms with E-state index >= 15 is 0 Å². The summed E-state index contributed by atoms with van der Waals surface area (Å²) in [4.78, 5) is 28.4. The van der Waals surface area contributed by atoms with E-state index in [4.69, 9.17) is 16.3 Å². The second-order valence-corrected chi connectivity index (χ2v) is 8.02. The van der Waals surface area contributed by atoms with Crippen molar-refractivity contribution in [1.82, 2.24) is 10.3 Å². The molecule has 0 fully saturated rings. The molecule has 0 saturated heterocycles. The molecular weight excluding hydrogens is 368 g/mol. The van der Waals surface area contributed by atoms with Gasteiger partial charge < -0.3 is 10.1 Å². The minimum absolute atomic E-state index is 0.0102. The molecule has 0 aliphatic heterocycles. The fourth-order valence-corrected chi connectivity index (χ4v) is 4.11. The van der Waals surface area contributed by atoms with Gasteiger partial charge in [0.15, 0.2) is 4.34 Å². The minimum Gasteiger partial charge on any atom is -0.467 e. The highest BCUT2D eigenvalue weighted by molar-refractivity contribution is 8.01. The summed E-state index contributed by atoms with van der Waals surface area (Å²) in [6, 6.07) is 4.90. The molecule has 0 spiro atoms. The van der Waals surface area contributed by atoms with Gasteiger partial charge >= 0.3 is 5.97 Å². The van der Waals surface area contributed by atoms with Gasteiger partial charge in [0.25, 0.3) is 0 Å². The van der Waals surface area contributed by atoms with Gasteiger partial charge in [-0.1, -0.05) is 43.6 Å². The van der Waals surface area contributed by atoms with Crippen molar-refractivity contribution < 1.29 is 14.3 Å². The van der Waals surface area contributed by atoms with Crippen LogP contribution >= 0.6 is 34.7 Å². The van der Waals surface area contributed by atoms with Crippen LogP contribution < -0.4 is 5.32 Å². The van der Waals surface area contributed by atoms with Gasteiger partial charge in [-0.3, -0.25) is 4.79 Å². The number of thiazole rings is 1. The molecule has 1 aromatic heterocycles. The Hall–Kier alpha value is -1.31. The summed E-state index contributed by atoms with van der Waals surface area (Å²) in [5.41, 5.74) is 0.822. The predicted octanol–water partition coefficient (Wildman–Crippen LogP) is 3.75. The fourth-order valence-electron chi connectivity index (χ4n) is 2.08. The molecule has 2 aromatic rings. The molecule has 1 heterocycles. The Bertz CT molecular complexity index is 735. The molecule has 0 unspecified atom stereocenters. The van der Waals surface area contributed by atoms with Crippen LogP contribution in [0, 0.1) is 5.92 Å². The van der Waals surface area contributed by atoms with Crippen LogP contribution in [-0.2, 0) is 14.3 Å². The lowest BCUT2D eigenvalue weighted by molar-refractivity contribution is -0.146. The van der Waals surface area contributed by atoms with Crippen LogP contribution in [-0.4, -0.2) is 35.8 Å². The van der Waals surface area contributed by atoms with Crippen molar-refractivity contribution in [2.45, 2.75) is 30.6 Å². The van der Waals surface area contributed by atoms with E-state index in [-0.39, 0.29) is 17.6 Å². The van der Waals surface area contributed by atoms with Gasteiger partial charge in [0.1, 0.15) is 6.04 Å². The average Bonchev–Trinajstić information content (AvgIpc) is 2.98. The first-order valence-corrected chi connectivity index (χ1v) is 9.68. The number of halogens is 1. The Labute approximate surface area is 154 Å². The number of ether oxygens (including phenoxy) is 1. The maximum absolute atomic E-state index is 12.2. The Balaban J connectivity index is 1.96. The minimum atomic E-state index is -0.623. The summed E-state index contributed by atoms with van der Waals surface area (Å²) >= 11 is 8.80. The van der Waals surface area contributed by atoms with Crippen molar-refractivity contribution in [3.05, 3.63) is 23.2 Å². The number of hydrogen-bond acceptors (Lipinski definition) is 6. The third-order valence-corrected chi connectivity index (χ3v) is 6.06. The molecular formula is C16H19ClN2O3S2. The summed E-state index contributed by atoms with van der Waals surface area (Å²) in [6.07, 6.45) is 0.770. The van der Waals surface area contributed by atoms with Gasteiger partial charge in [-0.2, -0.15) is 0 Å². The molecule has 24 heavy (non-hydrogen) atoms. The number of esters is 1. The van der Waals surface area contributed by atoms with Gasteiger partial charge in [-0.15, -0.1) is 11.3 Å². The number of aromatic nitrogens is 1. The maximum atomic E-state index is 12.2. The Morgan fingerprint density at radius 1 is 1.46 bits per heavy atom. The number of benzene rings is 1. The summed E-state index contributed by atoms with van der Waals surface area (Å²) < 4.78 is 6.58. The van der Waals surface area contributed by atoms with E-state index in [9.17, 15) is 9.59 Å². The number of thioether (sulfide) groups is 1. The molecule has 0 radical (unpaired) electrons. The molecule has 1 aromatic carbocycles. The molecule has 5 nitrogen and oxygen atoms in total. The second-order valence-electron chi connectivity index (χ2n) is 5.33. The van der Waals surface area contributed by atoms with Crippen LogP contribution in [0.4, 0.5) is 0 Å². The second kappa shape index (κ2) is 8.69. The SMILES string of the molecule is CC[C@H](C)[C@@H](NC(=O)CSc1nc2cc(Cl)ccc2s1)C(=O)OC. The Kier molecular flexibility index (Phi) is 6.89. The normalized spacial score (nSPS) is 13.5. The van der Waals surface area contributed by atoms with Crippen LogP contribution in [0.1, 0.15) is 20.3 Å². The van der Waals surface area contributed by atoms with E-state index in [1.807, 2.05) is 26.0 Å². The van der Waals surface area contributed by atoms with Crippen LogP contribution in [0.2, 0.25) is 5.02 Å². The monoisotopic (exact) mass is 386 g/mol. The summed E-state index contributed by atoms with van der Waals surface area (Å²) in [5, 5.41) is 3.39.